The van der Waals surface area contributed by atoms with Crippen LogP contribution < -0.4 is 15.5 Å². The Bertz CT molecular complexity index is 553. The molecule has 3 rings (SSSR count). The third-order valence-corrected chi connectivity index (χ3v) is 4.35. The number of hydrogen-bond acceptors (Lipinski definition) is 4. The summed E-state index contributed by atoms with van der Waals surface area (Å²) < 4.78 is 5.34. The molecule has 0 saturated carbocycles. The number of hydrogen-bond donors (Lipinski definition) is 2. The number of nitrogens with one attached hydrogen (secondary N) is 2. The first-order valence-electron chi connectivity index (χ1n) is 8.25. The summed E-state index contributed by atoms with van der Waals surface area (Å²) >= 11 is 0. The molecule has 2 fully saturated rings. The Hall–Kier alpha value is -2.08. The summed E-state index contributed by atoms with van der Waals surface area (Å²) in [5.41, 5.74) is 1.68. The maximum absolute atomic E-state index is 12.3. The van der Waals surface area contributed by atoms with Crippen LogP contribution in [0.3, 0.4) is 0 Å². The highest BCUT2D eigenvalue weighted by Gasteiger charge is 2.23. The molecule has 2 saturated heterocycles. The van der Waals surface area contributed by atoms with Crippen molar-refractivity contribution in [2.45, 2.75) is 25.3 Å². The molecule has 0 spiro atoms. The molecule has 6 heteroatoms. The third-order valence-electron chi connectivity index (χ3n) is 4.35. The molecule has 2 aliphatic heterocycles. The van der Waals surface area contributed by atoms with E-state index in [0.717, 1.165) is 44.8 Å². The molecule has 0 aliphatic carbocycles. The smallest absolute Gasteiger partial charge is 0.251 e. The molecule has 2 amide bonds. The van der Waals surface area contributed by atoms with E-state index in [1.165, 1.54) is 0 Å². The van der Waals surface area contributed by atoms with Crippen LogP contribution in [-0.2, 0) is 9.53 Å². The van der Waals surface area contributed by atoms with Gasteiger partial charge in [-0.3, -0.25) is 9.59 Å². The molecule has 124 valence electrons. The lowest BCUT2D eigenvalue weighted by Gasteiger charge is -2.28. The Kier molecular flexibility index (Phi) is 5.12. The second-order valence-corrected chi connectivity index (χ2v) is 5.96. The fourth-order valence-electron chi connectivity index (χ4n) is 2.96. The van der Waals surface area contributed by atoms with Crippen LogP contribution in [0, 0.1) is 0 Å². The zero-order valence-electron chi connectivity index (χ0n) is 13.2. The number of benzene rings is 1. The quantitative estimate of drug-likeness (QED) is 0.870. The molecule has 2 aliphatic rings. The van der Waals surface area contributed by atoms with Crippen molar-refractivity contribution in [1.82, 2.24) is 10.6 Å². The van der Waals surface area contributed by atoms with Crippen molar-refractivity contribution in [3.63, 3.8) is 0 Å². The van der Waals surface area contributed by atoms with Crippen LogP contribution in [0.1, 0.15) is 29.6 Å². The average molecular weight is 317 g/mol. The minimum atomic E-state index is -0.427. The summed E-state index contributed by atoms with van der Waals surface area (Å²) in [5, 5.41) is 5.67. The number of anilines is 1. The van der Waals surface area contributed by atoms with Crippen molar-refractivity contribution in [3.8, 4) is 0 Å². The third kappa shape index (κ3) is 4.01. The predicted octanol–water partition coefficient (Wildman–Crippen LogP) is 0.922. The molecule has 2 N–H and O–H groups in total. The summed E-state index contributed by atoms with van der Waals surface area (Å²) in [5.74, 6) is -0.277. The summed E-state index contributed by atoms with van der Waals surface area (Å²) in [6.07, 6.45) is 2.61. The molecule has 0 bridgehead atoms. The number of amides is 2. The minimum absolute atomic E-state index is 0.0826. The molecule has 1 atom stereocenters. The van der Waals surface area contributed by atoms with E-state index in [1.54, 1.807) is 0 Å². The normalized spacial score (nSPS) is 22.2. The molecule has 1 aromatic rings. The topological polar surface area (TPSA) is 70.7 Å². The van der Waals surface area contributed by atoms with Crippen LogP contribution in [0.2, 0.25) is 0 Å². The average Bonchev–Trinajstić information content (AvgIpc) is 2.80. The summed E-state index contributed by atoms with van der Waals surface area (Å²) in [7, 11) is 0. The summed E-state index contributed by atoms with van der Waals surface area (Å²) in [4.78, 5) is 26.5. The Morgan fingerprint density at radius 3 is 2.65 bits per heavy atom. The van der Waals surface area contributed by atoms with Crippen LogP contribution in [-0.4, -0.2) is 50.7 Å². The lowest BCUT2D eigenvalue weighted by molar-refractivity contribution is -0.122. The molecule has 23 heavy (non-hydrogen) atoms. The SMILES string of the molecule is O=C(NC1CCCCNC1=O)c1ccc(N2CCOCC2)cc1. The van der Waals surface area contributed by atoms with E-state index in [4.69, 9.17) is 4.74 Å². The number of ether oxygens (including phenoxy) is 1. The maximum Gasteiger partial charge on any atom is 0.251 e. The number of nitrogens with zero attached hydrogens (tertiary/aromatic N) is 1. The highest BCUT2D eigenvalue weighted by molar-refractivity contribution is 5.97. The van der Waals surface area contributed by atoms with Gasteiger partial charge in [0.05, 0.1) is 13.2 Å². The first-order chi connectivity index (χ1) is 11.2. The Morgan fingerprint density at radius 2 is 1.91 bits per heavy atom. The zero-order valence-corrected chi connectivity index (χ0v) is 13.2. The molecule has 1 unspecified atom stereocenters. The van der Waals surface area contributed by atoms with Crippen LogP contribution in [0.5, 0.6) is 0 Å². The lowest BCUT2D eigenvalue weighted by atomic mass is 10.1. The van der Waals surface area contributed by atoms with Gasteiger partial charge >= 0.3 is 0 Å². The van der Waals surface area contributed by atoms with Gasteiger partial charge in [-0.05, 0) is 43.5 Å². The van der Waals surface area contributed by atoms with Gasteiger partial charge in [-0.25, -0.2) is 0 Å². The Balaban J connectivity index is 1.61. The largest absolute Gasteiger partial charge is 0.378 e. The van der Waals surface area contributed by atoms with Crippen molar-refractivity contribution in [1.29, 1.82) is 0 Å². The van der Waals surface area contributed by atoms with Gasteiger partial charge in [-0.2, -0.15) is 0 Å². The summed E-state index contributed by atoms with van der Waals surface area (Å²) in [6.45, 7) is 3.90. The van der Waals surface area contributed by atoms with E-state index < -0.39 is 6.04 Å². The number of carbonyl (C=O) groups is 2. The molecule has 0 aromatic heterocycles. The van der Waals surface area contributed by atoms with E-state index in [9.17, 15) is 9.59 Å². The van der Waals surface area contributed by atoms with Crippen LogP contribution in [0.25, 0.3) is 0 Å². The van der Waals surface area contributed by atoms with E-state index in [2.05, 4.69) is 15.5 Å². The van der Waals surface area contributed by atoms with Gasteiger partial charge in [-0.15, -0.1) is 0 Å². The molecule has 0 radical (unpaired) electrons. The van der Waals surface area contributed by atoms with Gasteiger partial charge in [0.2, 0.25) is 5.91 Å². The molecular formula is C17H23N3O3. The van der Waals surface area contributed by atoms with Gasteiger partial charge < -0.3 is 20.3 Å². The lowest BCUT2D eigenvalue weighted by Crippen LogP contribution is -2.45. The highest BCUT2D eigenvalue weighted by atomic mass is 16.5. The van der Waals surface area contributed by atoms with Crippen LogP contribution in [0.4, 0.5) is 5.69 Å². The van der Waals surface area contributed by atoms with Gasteiger partial charge in [0.25, 0.3) is 5.91 Å². The molecule has 1 aromatic carbocycles. The number of rotatable bonds is 3. The zero-order chi connectivity index (χ0) is 16.1. The Labute approximate surface area is 136 Å². The van der Waals surface area contributed by atoms with Gasteiger partial charge in [0, 0.05) is 30.9 Å². The molecule has 6 nitrogen and oxygen atoms in total. The van der Waals surface area contributed by atoms with E-state index in [0.29, 0.717) is 18.5 Å². The maximum atomic E-state index is 12.3. The van der Waals surface area contributed by atoms with Crippen LogP contribution >= 0.6 is 0 Å². The van der Waals surface area contributed by atoms with Crippen molar-refractivity contribution < 1.29 is 14.3 Å². The standard InChI is InChI=1S/C17H23N3O3/c21-16(19-15-3-1-2-8-18-17(15)22)13-4-6-14(7-5-13)20-9-11-23-12-10-20/h4-7,15H,1-3,8-12H2,(H,18,22)(H,19,21). The van der Waals surface area contributed by atoms with Gasteiger partial charge in [0.15, 0.2) is 0 Å². The highest BCUT2D eigenvalue weighted by Crippen LogP contribution is 2.17. The minimum Gasteiger partial charge on any atom is -0.378 e. The fourth-order valence-corrected chi connectivity index (χ4v) is 2.96. The second-order valence-electron chi connectivity index (χ2n) is 5.96. The monoisotopic (exact) mass is 317 g/mol. The Morgan fingerprint density at radius 1 is 1.17 bits per heavy atom. The number of carbonyl (C=O) groups excluding carboxylic acids is 2. The van der Waals surface area contributed by atoms with Crippen molar-refractivity contribution in [3.05, 3.63) is 29.8 Å². The molecular weight excluding hydrogens is 294 g/mol. The second kappa shape index (κ2) is 7.46. The first-order valence-corrected chi connectivity index (χ1v) is 8.25. The van der Waals surface area contributed by atoms with E-state index >= 15 is 0 Å². The number of morpholine rings is 1. The van der Waals surface area contributed by atoms with Crippen molar-refractivity contribution in [2.24, 2.45) is 0 Å². The van der Waals surface area contributed by atoms with Crippen LogP contribution in [0.15, 0.2) is 24.3 Å². The van der Waals surface area contributed by atoms with Crippen molar-refractivity contribution in [2.75, 3.05) is 37.7 Å². The first kappa shape index (κ1) is 15.8. The van der Waals surface area contributed by atoms with Gasteiger partial charge in [-0.1, -0.05) is 0 Å². The van der Waals surface area contributed by atoms with E-state index in [1.807, 2.05) is 24.3 Å². The molecule has 2 heterocycles. The summed E-state index contributed by atoms with van der Waals surface area (Å²) in [6, 6.07) is 7.11. The van der Waals surface area contributed by atoms with Crippen molar-refractivity contribution >= 4 is 17.5 Å². The fraction of sp³-hybridized carbons (Fsp3) is 0.529. The van der Waals surface area contributed by atoms with E-state index in [-0.39, 0.29) is 11.8 Å². The van der Waals surface area contributed by atoms with Gasteiger partial charge in [0.1, 0.15) is 6.04 Å². The predicted molar refractivity (Wildman–Crippen MR) is 87.6 cm³/mol.